The second-order valence-corrected chi connectivity index (χ2v) is 6.17. The van der Waals surface area contributed by atoms with Crippen LogP contribution in [0.1, 0.15) is 20.8 Å². The SMILES string of the molecule is CC1CN(C(C)CNC(=O)Nc2ccccc2[N+](=O)[O-])CC(C)O1. The minimum atomic E-state index is -0.519. The van der Waals surface area contributed by atoms with Gasteiger partial charge in [0.15, 0.2) is 0 Å². The van der Waals surface area contributed by atoms with Gasteiger partial charge in [-0.2, -0.15) is 0 Å². The van der Waals surface area contributed by atoms with Gasteiger partial charge >= 0.3 is 6.03 Å². The molecule has 2 amide bonds. The van der Waals surface area contributed by atoms with Crippen LogP contribution in [0.25, 0.3) is 0 Å². The number of urea groups is 1. The van der Waals surface area contributed by atoms with E-state index in [2.05, 4.69) is 15.5 Å². The summed E-state index contributed by atoms with van der Waals surface area (Å²) in [7, 11) is 0. The van der Waals surface area contributed by atoms with Crippen molar-refractivity contribution in [2.45, 2.75) is 39.0 Å². The van der Waals surface area contributed by atoms with E-state index in [-0.39, 0.29) is 29.6 Å². The molecule has 1 saturated heterocycles. The molecule has 1 aliphatic rings. The molecule has 3 unspecified atom stereocenters. The summed E-state index contributed by atoms with van der Waals surface area (Å²) >= 11 is 0. The number of para-hydroxylation sites is 2. The van der Waals surface area contributed by atoms with Gasteiger partial charge in [0.25, 0.3) is 5.69 Å². The molecular weight excluding hydrogens is 312 g/mol. The number of ether oxygens (including phenoxy) is 1. The predicted molar refractivity (Wildman–Crippen MR) is 91.2 cm³/mol. The van der Waals surface area contributed by atoms with Crippen molar-refractivity contribution in [1.29, 1.82) is 0 Å². The van der Waals surface area contributed by atoms with Crippen molar-refractivity contribution >= 4 is 17.4 Å². The fraction of sp³-hybridized carbons (Fsp3) is 0.562. The zero-order valence-electron chi connectivity index (χ0n) is 14.2. The molecule has 132 valence electrons. The van der Waals surface area contributed by atoms with Gasteiger partial charge in [0.05, 0.1) is 17.1 Å². The number of rotatable bonds is 5. The second-order valence-electron chi connectivity index (χ2n) is 6.17. The third-order valence-electron chi connectivity index (χ3n) is 3.98. The Balaban J connectivity index is 1.86. The average molecular weight is 336 g/mol. The summed E-state index contributed by atoms with van der Waals surface area (Å²) in [6.45, 7) is 8.19. The summed E-state index contributed by atoms with van der Waals surface area (Å²) in [6.07, 6.45) is 0.328. The molecule has 2 N–H and O–H groups in total. The normalized spacial score (nSPS) is 22.6. The van der Waals surface area contributed by atoms with Gasteiger partial charge in [0.2, 0.25) is 0 Å². The van der Waals surface area contributed by atoms with E-state index in [1.54, 1.807) is 12.1 Å². The molecule has 24 heavy (non-hydrogen) atoms. The van der Waals surface area contributed by atoms with Crippen LogP contribution >= 0.6 is 0 Å². The highest BCUT2D eigenvalue weighted by Gasteiger charge is 2.26. The number of hydrogen-bond donors (Lipinski definition) is 2. The largest absolute Gasteiger partial charge is 0.373 e. The van der Waals surface area contributed by atoms with Crippen molar-refractivity contribution in [3.63, 3.8) is 0 Å². The lowest BCUT2D eigenvalue weighted by Gasteiger charge is -2.38. The van der Waals surface area contributed by atoms with Gasteiger partial charge in [-0.05, 0) is 26.8 Å². The number of nitrogens with one attached hydrogen (secondary N) is 2. The summed E-state index contributed by atoms with van der Waals surface area (Å²) in [6, 6.07) is 5.76. The summed E-state index contributed by atoms with van der Waals surface area (Å²) in [5.41, 5.74) is 0.0535. The molecule has 1 aliphatic heterocycles. The monoisotopic (exact) mass is 336 g/mol. The molecular formula is C16H24N4O4. The molecule has 8 nitrogen and oxygen atoms in total. The Morgan fingerprint density at radius 3 is 2.62 bits per heavy atom. The molecule has 0 aromatic heterocycles. The maximum Gasteiger partial charge on any atom is 0.319 e. The maximum atomic E-state index is 12.0. The standard InChI is InChI=1S/C16H24N4O4/c1-11(19-9-12(2)24-13(3)10-19)8-17-16(21)18-14-6-4-5-7-15(14)20(22)23/h4-7,11-13H,8-10H2,1-3H3,(H2,17,18,21). The molecule has 8 heteroatoms. The van der Waals surface area contributed by atoms with Crippen LogP contribution in [0.5, 0.6) is 0 Å². The minimum Gasteiger partial charge on any atom is -0.373 e. The summed E-state index contributed by atoms with van der Waals surface area (Å²) in [5.74, 6) is 0. The molecule has 1 aromatic carbocycles. The number of benzene rings is 1. The number of carbonyl (C=O) groups excluding carboxylic acids is 1. The molecule has 1 heterocycles. The number of anilines is 1. The third kappa shape index (κ3) is 4.90. The first-order valence-electron chi connectivity index (χ1n) is 8.04. The number of morpholine rings is 1. The van der Waals surface area contributed by atoms with E-state index in [4.69, 9.17) is 4.74 Å². The van der Waals surface area contributed by atoms with Gasteiger partial charge in [-0.15, -0.1) is 0 Å². The molecule has 0 bridgehead atoms. The van der Waals surface area contributed by atoms with Gasteiger partial charge in [-0.1, -0.05) is 12.1 Å². The summed E-state index contributed by atoms with van der Waals surface area (Å²) in [5, 5.41) is 16.3. The molecule has 1 aromatic rings. The highest BCUT2D eigenvalue weighted by atomic mass is 16.6. The van der Waals surface area contributed by atoms with E-state index in [0.717, 1.165) is 13.1 Å². The molecule has 0 radical (unpaired) electrons. The van der Waals surface area contributed by atoms with Gasteiger partial charge < -0.3 is 15.4 Å². The number of nitro groups is 1. The minimum absolute atomic E-state index is 0.128. The average Bonchev–Trinajstić information content (AvgIpc) is 2.52. The number of carbonyl (C=O) groups is 1. The maximum absolute atomic E-state index is 12.0. The third-order valence-corrected chi connectivity index (χ3v) is 3.98. The van der Waals surface area contributed by atoms with E-state index in [9.17, 15) is 14.9 Å². The Hall–Kier alpha value is -2.19. The van der Waals surface area contributed by atoms with Crippen molar-refractivity contribution in [3.05, 3.63) is 34.4 Å². The molecule has 2 rings (SSSR count). The topological polar surface area (TPSA) is 96.7 Å². The van der Waals surface area contributed by atoms with Crippen molar-refractivity contribution in [2.75, 3.05) is 25.0 Å². The van der Waals surface area contributed by atoms with E-state index >= 15 is 0 Å². The van der Waals surface area contributed by atoms with Crippen LogP contribution in [0.3, 0.4) is 0 Å². The summed E-state index contributed by atoms with van der Waals surface area (Å²) in [4.78, 5) is 24.7. The van der Waals surface area contributed by atoms with E-state index in [1.165, 1.54) is 12.1 Å². The first kappa shape index (κ1) is 18.2. The van der Waals surface area contributed by atoms with E-state index in [0.29, 0.717) is 6.54 Å². The van der Waals surface area contributed by atoms with Gasteiger partial charge in [0, 0.05) is 31.7 Å². The number of nitrogens with zero attached hydrogens (tertiary/aromatic N) is 2. The highest BCUT2D eigenvalue weighted by molar-refractivity contribution is 5.91. The van der Waals surface area contributed by atoms with Gasteiger partial charge in [0.1, 0.15) is 5.69 Å². The van der Waals surface area contributed by atoms with Crippen molar-refractivity contribution < 1.29 is 14.5 Å². The van der Waals surface area contributed by atoms with Crippen molar-refractivity contribution in [2.24, 2.45) is 0 Å². The summed E-state index contributed by atoms with van der Waals surface area (Å²) < 4.78 is 5.70. The quantitative estimate of drug-likeness (QED) is 0.635. The Bertz CT molecular complexity index is 585. The Kier molecular flexibility index (Phi) is 6.10. The highest BCUT2D eigenvalue weighted by Crippen LogP contribution is 2.22. The van der Waals surface area contributed by atoms with Crippen molar-refractivity contribution in [1.82, 2.24) is 10.2 Å². The first-order valence-corrected chi connectivity index (χ1v) is 8.04. The molecule has 3 atom stereocenters. The van der Waals surface area contributed by atoms with Gasteiger partial charge in [-0.3, -0.25) is 15.0 Å². The van der Waals surface area contributed by atoms with Crippen LogP contribution in [0.2, 0.25) is 0 Å². The molecule has 1 fully saturated rings. The molecule has 0 saturated carbocycles. The fourth-order valence-corrected chi connectivity index (χ4v) is 2.85. The predicted octanol–water partition coefficient (Wildman–Crippen LogP) is 2.21. The van der Waals surface area contributed by atoms with Crippen LogP contribution < -0.4 is 10.6 Å². The van der Waals surface area contributed by atoms with Crippen LogP contribution in [0.4, 0.5) is 16.2 Å². The Labute approximate surface area is 141 Å². The zero-order chi connectivity index (χ0) is 17.7. The number of amides is 2. The van der Waals surface area contributed by atoms with Gasteiger partial charge in [-0.25, -0.2) is 4.79 Å². The fourth-order valence-electron chi connectivity index (χ4n) is 2.85. The van der Waals surface area contributed by atoms with E-state index < -0.39 is 11.0 Å². The lowest BCUT2D eigenvalue weighted by Crippen LogP contribution is -2.52. The van der Waals surface area contributed by atoms with Crippen LogP contribution in [-0.2, 0) is 4.74 Å². The number of nitro benzene ring substituents is 1. The zero-order valence-corrected chi connectivity index (χ0v) is 14.2. The lowest BCUT2D eigenvalue weighted by atomic mass is 10.2. The Morgan fingerprint density at radius 2 is 2.00 bits per heavy atom. The smallest absolute Gasteiger partial charge is 0.319 e. The van der Waals surface area contributed by atoms with Crippen molar-refractivity contribution in [3.8, 4) is 0 Å². The van der Waals surface area contributed by atoms with E-state index in [1.807, 2.05) is 20.8 Å². The first-order chi connectivity index (χ1) is 11.4. The molecule has 0 aliphatic carbocycles. The second kappa shape index (κ2) is 8.07. The molecule has 0 spiro atoms. The Morgan fingerprint density at radius 1 is 1.38 bits per heavy atom. The van der Waals surface area contributed by atoms with Crippen LogP contribution in [0.15, 0.2) is 24.3 Å². The van der Waals surface area contributed by atoms with Crippen LogP contribution in [0, 0.1) is 10.1 Å². The van der Waals surface area contributed by atoms with Crippen LogP contribution in [-0.4, -0.2) is 53.7 Å². The number of hydrogen-bond acceptors (Lipinski definition) is 5. The lowest BCUT2D eigenvalue weighted by molar-refractivity contribution is -0.383.